The van der Waals surface area contributed by atoms with Gasteiger partial charge >= 0.3 is 11.9 Å². The zero-order valence-electron chi connectivity index (χ0n) is 21.5. The number of hydrogen-bond acceptors (Lipinski definition) is 7. The van der Waals surface area contributed by atoms with Crippen molar-refractivity contribution in [3.8, 4) is 11.3 Å². The SMILES string of the molecule is CC1=C(C(=O)OC(C)C)[C@H](c2ccc(Cl)cc2)n2c(s/c(=C\c3ccc(-c4cc(C(=O)O)ccc4Cl)o3)c2=O)=N1. The first-order valence-electron chi connectivity index (χ1n) is 12.2. The monoisotopic (exact) mass is 596 g/mol. The maximum Gasteiger partial charge on any atom is 0.338 e. The van der Waals surface area contributed by atoms with Crippen LogP contribution in [-0.4, -0.2) is 27.7 Å². The third-order valence-corrected chi connectivity index (χ3v) is 7.71. The molecule has 40 heavy (non-hydrogen) atoms. The van der Waals surface area contributed by atoms with Gasteiger partial charge in [-0.05, 0) is 68.8 Å². The fourth-order valence-corrected chi connectivity index (χ4v) is 5.74. The summed E-state index contributed by atoms with van der Waals surface area (Å²) in [6.07, 6.45) is 1.22. The summed E-state index contributed by atoms with van der Waals surface area (Å²) in [6, 6.07) is 13.8. The number of carbonyl (C=O) groups excluding carboxylic acids is 1. The van der Waals surface area contributed by atoms with Crippen LogP contribution in [0, 0.1) is 0 Å². The number of carboxylic acid groups (broad SMARTS) is 1. The Kier molecular flexibility index (Phi) is 7.55. The predicted molar refractivity (Wildman–Crippen MR) is 153 cm³/mol. The molecular formula is C29H22Cl2N2O6S. The summed E-state index contributed by atoms with van der Waals surface area (Å²) < 4.78 is 13.2. The predicted octanol–water partition coefficient (Wildman–Crippen LogP) is 5.45. The molecular weight excluding hydrogens is 575 g/mol. The van der Waals surface area contributed by atoms with Crippen LogP contribution < -0.4 is 14.9 Å². The molecule has 0 aliphatic carbocycles. The number of carboxylic acids is 1. The Bertz CT molecular complexity index is 1870. The molecule has 4 aromatic rings. The van der Waals surface area contributed by atoms with Crippen LogP contribution in [0.3, 0.4) is 0 Å². The zero-order valence-corrected chi connectivity index (χ0v) is 23.8. The number of aromatic nitrogens is 1. The second-order valence-electron chi connectivity index (χ2n) is 9.29. The van der Waals surface area contributed by atoms with E-state index in [1.165, 1.54) is 22.8 Å². The minimum absolute atomic E-state index is 0.0648. The number of nitrogens with zero attached hydrogens (tertiary/aromatic N) is 2. The minimum Gasteiger partial charge on any atom is -0.478 e. The summed E-state index contributed by atoms with van der Waals surface area (Å²) in [4.78, 5) is 43.3. The number of halogens is 2. The number of thiazole rings is 1. The molecule has 5 rings (SSSR count). The molecule has 0 spiro atoms. The van der Waals surface area contributed by atoms with Crippen LogP contribution in [0.2, 0.25) is 10.0 Å². The number of hydrogen-bond donors (Lipinski definition) is 1. The summed E-state index contributed by atoms with van der Waals surface area (Å²) in [5.74, 6) is -0.939. The number of benzene rings is 2. The third kappa shape index (κ3) is 5.28. The number of rotatable bonds is 6. The van der Waals surface area contributed by atoms with Crippen LogP contribution in [0.15, 0.2) is 80.1 Å². The highest BCUT2D eigenvalue weighted by Crippen LogP contribution is 2.32. The maximum absolute atomic E-state index is 13.8. The Labute approximate surface area is 242 Å². The molecule has 3 heterocycles. The van der Waals surface area contributed by atoms with E-state index in [0.29, 0.717) is 47.7 Å². The van der Waals surface area contributed by atoms with Gasteiger partial charge in [0.05, 0.1) is 38.5 Å². The number of furan rings is 1. The summed E-state index contributed by atoms with van der Waals surface area (Å²) in [5.41, 5.74) is 1.50. The lowest BCUT2D eigenvalue weighted by molar-refractivity contribution is -0.143. The van der Waals surface area contributed by atoms with Crippen LogP contribution in [-0.2, 0) is 9.53 Å². The van der Waals surface area contributed by atoms with E-state index in [0.717, 1.165) is 11.3 Å². The molecule has 8 nitrogen and oxygen atoms in total. The molecule has 1 aliphatic heterocycles. The molecule has 0 saturated heterocycles. The molecule has 0 bridgehead atoms. The Balaban J connectivity index is 1.62. The largest absolute Gasteiger partial charge is 0.478 e. The molecule has 2 aromatic heterocycles. The molecule has 0 saturated carbocycles. The van der Waals surface area contributed by atoms with Crippen molar-refractivity contribution in [2.24, 2.45) is 4.99 Å². The molecule has 2 aromatic carbocycles. The van der Waals surface area contributed by atoms with Gasteiger partial charge in [-0.3, -0.25) is 9.36 Å². The molecule has 1 atom stereocenters. The summed E-state index contributed by atoms with van der Waals surface area (Å²) in [5, 5.41) is 10.2. The van der Waals surface area contributed by atoms with Crippen molar-refractivity contribution >= 4 is 52.6 Å². The number of fused-ring (bicyclic) bond motifs is 1. The van der Waals surface area contributed by atoms with Gasteiger partial charge in [0.15, 0.2) is 4.80 Å². The van der Waals surface area contributed by atoms with Crippen LogP contribution in [0.25, 0.3) is 17.4 Å². The molecule has 0 radical (unpaired) electrons. The third-order valence-electron chi connectivity index (χ3n) is 6.15. The first-order valence-corrected chi connectivity index (χ1v) is 13.7. The number of allylic oxidation sites excluding steroid dienone is 1. The van der Waals surface area contributed by atoms with Crippen molar-refractivity contribution in [3.05, 3.63) is 112 Å². The standard InChI is InChI=1S/C29H22Cl2N2O6S/c1-14(2)38-28(37)24-15(3)32-29-33(25(24)16-4-7-18(30)8-5-16)26(34)23(40-29)13-19-9-11-22(39-19)20-12-17(27(35)36)6-10-21(20)31/h4-14,25H,1-3H3,(H,35,36)/b23-13-/t25-/m0/s1. The van der Waals surface area contributed by atoms with Gasteiger partial charge < -0.3 is 14.3 Å². The van der Waals surface area contributed by atoms with Crippen LogP contribution in [0.5, 0.6) is 0 Å². The van der Waals surface area contributed by atoms with Crippen molar-refractivity contribution in [3.63, 3.8) is 0 Å². The highest BCUT2D eigenvalue weighted by atomic mass is 35.5. The number of carbonyl (C=O) groups is 2. The van der Waals surface area contributed by atoms with E-state index in [1.807, 2.05) is 0 Å². The number of aromatic carboxylic acids is 1. The lowest BCUT2D eigenvalue weighted by atomic mass is 9.96. The molecule has 0 amide bonds. The van der Waals surface area contributed by atoms with Gasteiger partial charge in [-0.2, -0.15) is 0 Å². The minimum atomic E-state index is -1.09. The zero-order chi connectivity index (χ0) is 28.7. The summed E-state index contributed by atoms with van der Waals surface area (Å²) in [7, 11) is 0. The Morgan fingerprint density at radius 3 is 2.52 bits per heavy atom. The van der Waals surface area contributed by atoms with Crippen LogP contribution in [0.4, 0.5) is 0 Å². The number of esters is 1. The molecule has 11 heteroatoms. The highest BCUT2D eigenvalue weighted by molar-refractivity contribution is 7.07. The normalized spacial score (nSPS) is 15.2. The van der Waals surface area contributed by atoms with Gasteiger partial charge in [-0.25, -0.2) is 14.6 Å². The van der Waals surface area contributed by atoms with Crippen molar-refractivity contribution < 1.29 is 23.8 Å². The van der Waals surface area contributed by atoms with Gasteiger partial charge in [-0.15, -0.1) is 0 Å². The second kappa shape index (κ2) is 10.9. The summed E-state index contributed by atoms with van der Waals surface area (Å²) in [6.45, 7) is 5.22. The average Bonchev–Trinajstić information content (AvgIpc) is 3.47. The first kappa shape index (κ1) is 27.6. The number of ether oxygens (including phenoxy) is 1. The van der Waals surface area contributed by atoms with Gasteiger partial charge in [-0.1, -0.05) is 46.7 Å². The lowest BCUT2D eigenvalue weighted by Gasteiger charge is -2.25. The smallest absolute Gasteiger partial charge is 0.338 e. The Hall–Kier alpha value is -3.92. The lowest BCUT2D eigenvalue weighted by Crippen LogP contribution is -2.40. The van der Waals surface area contributed by atoms with Gasteiger partial charge in [0.1, 0.15) is 11.5 Å². The van der Waals surface area contributed by atoms with Gasteiger partial charge in [0.2, 0.25) is 0 Å². The van der Waals surface area contributed by atoms with E-state index in [-0.39, 0.29) is 22.8 Å². The average molecular weight is 597 g/mol. The van der Waals surface area contributed by atoms with E-state index < -0.39 is 18.0 Å². The Morgan fingerprint density at radius 1 is 1.12 bits per heavy atom. The van der Waals surface area contributed by atoms with Crippen molar-refractivity contribution in [2.75, 3.05) is 0 Å². The van der Waals surface area contributed by atoms with Crippen LogP contribution >= 0.6 is 34.5 Å². The van der Waals surface area contributed by atoms with E-state index in [1.54, 1.807) is 63.2 Å². The molecule has 1 aliphatic rings. The second-order valence-corrected chi connectivity index (χ2v) is 11.1. The topological polar surface area (TPSA) is 111 Å². The quantitative estimate of drug-likeness (QED) is 0.296. The molecule has 1 N–H and O–H groups in total. The fraction of sp³-hybridized carbons (Fsp3) is 0.172. The van der Waals surface area contributed by atoms with E-state index in [4.69, 9.17) is 32.4 Å². The Morgan fingerprint density at radius 2 is 1.85 bits per heavy atom. The van der Waals surface area contributed by atoms with Gasteiger partial charge in [0, 0.05) is 16.7 Å². The highest BCUT2D eigenvalue weighted by Gasteiger charge is 2.33. The molecule has 0 fully saturated rings. The molecule has 0 unspecified atom stereocenters. The molecule has 204 valence electrons. The maximum atomic E-state index is 13.8. The summed E-state index contributed by atoms with van der Waals surface area (Å²) >= 11 is 13.6. The van der Waals surface area contributed by atoms with E-state index >= 15 is 0 Å². The van der Waals surface area contributed by atoms with Crippen molar-refractivity contribution in [1.29, 1.82) is 0 Å². The first-order chi connectivity index (χ1) is 19.0. The van der Waals surface area contributed by atoms with Crippen molar-refractivity contribution in [1.82, 2.24) is 4.57 Å². The van der Waals surface area contributed by atoms with Crippen LogP contribution in [0.1, 0.15) is 48.5 Å². The fourth-order valence-electron chi connectivity index (χ4n) is 4.37. The van der Waals surface area contributed by atoms with E-state index in [9.17, 15) is 19.5 Å². The van der Waals surface area contributed by atoms with E-state index in [2.05, 4.69) is 4.99 Å². The van der Waals surface area contributed by atoms with Crippen molar-refractivity contribution in [2.45, 2.75) is 32.9 Å². The van der Waals surface area contributed by atoms with Gasteiger partial charge in [0.25, 0.3) is 5.56 Å².